The third kappa shape index (κ3) is 3.51. The van der Waals surface area contributed by atoms with E-state index in [-0.39, 0.29) is 5.91 Å². The fourth-order valence-electron chi connectivity index (χ4n) is 4.25. The molecule has 2 saturated carbocycles. The molecule has 3 fully saturated rings. The molecule has 130 valence electrons. The van der Waals surface area contributed by atoms with Gasteiger partial charge in [-0.2, -0.15) is 0 Å². The monoisotopic (exact) mass is 326 g/mol. The summed E-state index contributed by atoms with van der Waals surface area (Å²) in [6.07, 6.45) is 8.99. The van der Waals surface area contributed by atoms with Gasteiger partial charge in [0, 0.05) is 37.3 Å². The third-order valence-corrected chi connectivity index (χ3v) is 6.16. The molecular formula is C21H30N2O. The van der Waals surface area contributed by atoms with Gasteiger partial charge in [0.15, 0.2) is 0 Å². The molecule has 3 aliphatic rings. The predicted molar refractivity (Wildman–Crippen MR) is 97.2 cm³/mol. The molecule has 0 atom stereocenters. The lowest BCUT2D eigenvalue weighted by molar-refractivity contribution is 0.0515. The maximum absolute atomic E-state index is 13.1. The van der Waals surface area contributed by atoms with Crippen molar-refractivity contribution in [2.75, 3.05) is 19.6 Å². The lowest BCUT2D eigenvalue weighted by atomic mass is 9.84. The summed E-state index contributed by atoms with van der Waals surface area (Å²) in [5.74, 6) is 1.21. The van der Waals surface area contributed by atoms with Gasteiger partial charge in [-0.1, -0.05) is 24.1 Å². The highest BCUT2D eigenvalue weighted by atomic mass is 16.2. The second kappa shape index (κ2) is 6.87. The Kier molecular flexibility index (Phi) is 4.62. The molecule has 0 unspecified atom stereocenters. The molecule has 1 heterocycles. The van der Waals surface area contributed by atoms with E-state index in [1.165, 1.54) is 57.3 Å². The Balaban J connectivity index is 1.38. The summed E-state index contributed by atoms with van der Waals surface area (Å²) in [6, 6.07) is 9.06. The first kappa shape index (κ1) is 16.1. The van der Waals surface area contributed by atoms with Crippen molar-refractivity contribution in [2.24, 2.45) is 5.92 Å². The van der Waals surface area contributed by atoms with Crippen molar-refractivity contribution in [2.45, 2.75) is 64.0 Å². The van der Waals surface area contributed by atoms with Crippen LogP contribution in [0.4, 0.5) is 0 Å². The number of aryl methyl sites for hydroxylation is 1. The first-order valence-electron chi connectivity index (χ1n) is 9.82. The lowest BCUT2D eigenvalue weighted by Crippen LogP contribution is -2.49. The minimum Gasteiger partial charge on any atom is -0.333 e. The van der Waals surface area contributed by atoms with Gasteiger partial charge in [0.05, 0.1) is 0 Å². The molecule has 1 amide bonds. The molecule has 0 N–H and O–H groups in total. The van der Waals surface area contributed by atoms with Crippen LogP contribution >= 0.6 is 0 Å². The maximum Gasteiger partial charge on any atom is 0.254 e. The van der Waals surface area contributed by atoms with Gasteiger partial charge >= 0.3 is 0 Å². The molecule has 3 nitrogen and oxygen atoms in total. The second-order valence-corrected chi connectivity index (χ2v) is 8.14. The van der Waals surface area contributed by atoms with Crippen LogP contribution in [0.5, 0.6) is 0 Å². The molecule has 1 aliphatic heterocycles. The van der Waals surface area contributed by atoms with Crippen molar-refractivity contribution in [1.82, 2.24) is 9.80 Å². The van der Waals surface area contributed by atoms with E-state index < -0.39 is 0 Å². The molecular weight excluding hydrogens is 296 g/mol. The van der Waals surface area contributed by atoms with Gasteiger partial charge in [0.2, 0.25) is 0 Å². The van der Waals surface area contributed by atoms with E-state index >= 15 is 0 Å². The molecule has 0 spiro atoms. The Morgan fingerprint density at radius 1 is 1.00 bits per heavy atom. The van der Waals surface area contributed by atoms with Gasteiger partial charge in [-0.15, -0.1) is 0 Å². The molecule has 0 bridgehead atoms. The number of carbonyl (C=O) groups is 1. The first-order chi connectivity index (χ1) is 11.7. The minimum absolute atomic E-state index is 0.259. The van der Waals surface area contributed by atoms with Gasteiger partial charge in [0.25, 0.3) is 5.91 Å². The van der Waals surface area contributed by atoms with Crippen LogP contribution in [0, 0.1) is 12.8 Å². The predicted octanol–water partition coefficient (Wildman–Crippen LogP) is 3.86. The summed E-state index contributed by atoms with van der Waals surface area (Å²) < 4.78 is 0. The van der Waals surface area contributed by atoms with Crippen LogP contribution in [0.15, 0.2) is 24.3 Å². The van der Waals surface area contributed by atoms with Crippen molar-refractivity contribution in [3.05, 3.63) is 35.4 Å². The number of hydrogen-bond acceptors (Lipinski definition) is 2. The quantitative estimate of drug-likeness (QED) is 0.820. The fraction of sp³-hybridized carbons (Fsp3) is 0.667. The van der Waals surface area contributed by atoms with E-state index in [2.05, 4.69) is 28.9 Å². The smallest absolute Gasteiger partial charge is 0.254 e. The molecule has 24 heavy (non-hydrogen) atoms. The molecule has 1 aromatic carbocycles. The largest absolute Gasteiger partial charge is 0.333 e. The van der Waals surface area contributed by atoms with Crippen molar-refractivity contribution >= 4 is 5.91 Å². The van der Waals surface area contributed by atoms with Crippen LogP contribution in [-0.4, -0.2) is 47.4 Å². The maximum atomic E-state index is 13.1. The Hall–Kier alpha value is -1.35. The van der Waals surface area contributed by atoms with Crippen molar-refractivity contribution in [3.63, 3.8) is 0 Å². The van der Waals surface area contributed by atoms with Crippen LogP contribution in [0.3, 0.4) is 0 Å². The fourth-order valence-corrected chi connectivity index (χ4v) is 4.25. The van der Waals surface area contributed by atoms with Crippen molar-refractivity contribution < 1.29 is 4.79 Å². The molecule has 4 rings (SSSR count). The number of piperidine rings is 1. The van der Waals surface area contributed by atoms with E-state index in [1.54, 1.807) is 0 Å². The SMILES string of the molecule is Cc1ccc(C(=O)N(C2CC2)C2CCN(CC3CCC3)CC2)cc1. The summed E-state index contributed by atoms with van der Waals surface area (Å²) in [5, 5.41) is 0. The number of hydrogen-bond donors (Lipinski definition) is 0. The molecule has 0 radical (unpaired) electrons. The van der Waals surface area contributed by atoms with E-state index in [9.17, 15) is 4.79 Å². The zero-order valence-electron chi connectivity index (χ0n) is 14.9. The minimum atomic E-state index is 0.259. The average molecular weight is 326 g/mol. The number of benzene rings is 1. The summed E-state index contributed by atoms with van der Waals surface area (Å²) >= 11 is 0. The Labute approximate surface area is 146 Å². The van der Waals surface area contributed by atoms with Crippen LogP contribution in [-0.2, 0) is 0 Å². The van der Waals surface area contributed by atoms with Gasteiger partial charge in [0.1, 0.15) is 0 Å². The van der Waals surface area contributed by atoms with Crippen LogP contribution in [0.2, 0.25) is 0 Å². The summed E-state index contributed by atoms with van der Waals surface area (Å²) in [7, 11) is 0. The van der Waals surface area contributed by atoms with Crippen molar-refractivity contribution in [3.8, 4) is 0 Å². The van der Waals surface area contributed by atoms with Crippen LogP contribution < -0.4 is 0 Å². The van der Waals surface area contributed by atoms with Gasteiger partial charge in [-0.25, -0.2) is 0 Å². The van der Waals surface area contributed by atoms with Crippen LogP contribution in [0.1, 0.15) is 60.9 Å². The lowest BCUT2D eigenvalue weighted by Gasteiger charge is -2.41. The first-order valence-corrected chi connectivity index (χ1v) is 9.82. The van der Waals surface area contributed by atoms with E-state index in [1.807, 2.05) is 12.1 Å². The highest BCUT2D eigenvalue weighted by molar-refractivity contribution is 5.94. The number of likely N-dealkylation sites (tertiary alicyclic amines) is 1. The van der Waals surface area contributed by atoms with Gasteiger partial charge < -0.3 is 9.80 Å². The Morgan fingerprint density at radius 2 is 1.62 bits per heavy atom. The summed E-state index contributed by atoms with van der Waals surface area (Å²) in [6.45, 7) is 5.71. The van der Waals surface area contributed by atoms with Gasteiger partial charge in [-0.3, -0.25) is 4.79 Å². The number of nitrogens with zero attached hydrogens (tertiary/aromatic N) is 2. The normalized spacial score (nSPS) is 23.0. The zero-order valence-corrected chi connectivity index (χ0v) is 14.9. The van der Waals surface area contributed by atoms with Crippen molar-refractivity contribution in [1.29, 1.82) is 0 Å². The zero-order chi connectivity index (χ0) is 16.5. The van der Waals surface area contributed by atoms with Gasteiger partial charge in [-0.05, 0) is 63.5 Å². The highest BCUT2D eigenvalue weighted by Gasteiger charge is 2.39. The second-order valence-electron chi connectivity index (χ2n) is 8.14. The standard InChI is InChI=1S/C21H30N2O/c1-16-5-7-18(8-6-16)21(24)23(19-9-10-19)20-11-13-22(14-12-20)15-17-3-2-4-17/h5-8,17,19-20H,2-4,9-15H2,1H3. The van der Waals surface area contributed by atoms with Crippen LogP contribution in [0.25, 0.3) is 0 Å². The van der Waals surface area contributed by atoms with E-state index in [4.69, 9.17) is 0 Å². The molecule has 3 heteroatoms. The molecule has 0 aromatic heterocycles. The van der Waals surface area contributed by atoms with E-state index in [0.29, 0.717) is 12.1 Å². The number of rotatable bonds is 5. The Bertz CT molecular complexity index is 566. The highest BCUT2D eigenvalue weighted by Crippen LogP contribution is 2.34. The Morgan fingerprint density at radius 3 is 2.17 bits per heavy atom. The summed E-state index contributed by atoms with van der Waals surface area (Å²) in [4.78, 5) is 17.9. The molecule has 2 aliphatic carbocycles. The third-order valence-electron chi connectivity index (χ3n) is 6.16. The summed E-state index contributed by atoms with van der Waals surface area (Å²) in [5.41, 5.74) is 2.08. The number of amides is 1. The number of carbonyl (C=O) groups excluding carboxylic acids is 1. The molecule has 1 saturated heterocycles. The topological polar surface area (TPSA) is 23.6 Å². The van der Waals surface area contributed by atoms with E-state index in [0.717, 1.165) is 24.3 Å². The average Bonchev–Trinajstić information content (AvgIpc) is 3.38. The molecule has 1 aromatic rings.